The number of ketones is 1. The zero-order chi connectivity index (χ0) is 22.7. The molecule has 1 unspecified atom stereocenters. The molecule has 0 bridgehead atoms. The number of hydrogen-bond acceptors (Lipinski definition) is 7. The van der Waals surface area contributed by atoms with Crippen molar-refractivity contribution < 1.29 is 23.0 Å². The molecule has 0 aliphatic rings. The summed E-state index contributed by atoms with van der Waals surface area (Å²) in [7, 11) is 5.62. The van der Waals surface area contributed by atoms with Gasteiger partial charge in [0, 0.05) is 20.6 Å². The Morgan fingerprint density at radius 3 is 2.40 bits per heavy atom. The summed E-state index contributed by atoms with van der Waals surface area (Å²) in [6, 6.07) is 3.67. The minimum Gasteiger partial charge on any atom is -0.493 e. The van der Waals surface area contributed by atoms with Crippen molar-refractivity contribution in [2.24, 2.45) is 14.1 Å². The fraction of sp³-hybridized carbons (Fsp3) is 0.421. The molecule has 1 aromatic carbocycles. The monoisotopic (exact) mass is 426 g/mol. The number of Topliss-reactive ketones (excluding diaryl/α,β-unsaturated/α-hetero) is 1. The molecule has 2 N–H and O–H groups in total. The molecule has 0 amide bonds. The number of benzene rings is 1. The third-order valence-electron chi connectivity index (χ3n) is 4.87. The van der Waals surface area contributed by atoms with Gasteiger partial charge in [-0.05, 0) is 31.7 Å². The highest BCUT2D eigenvalue weighted by atomic mass is 19.3. The van der Waals surface area contributed by atoms with E-state index in [1.54, 1.807) is 24.9 Å². The Bertz CT molecular complexity index is 1060. The first-order valence-electron chi connectivity index (χ1n) is 8.91. The number of hydrogen-bond donors (Lipinski definition) is 1. The molecule has 9 nitrogen and oxygen atoms in total. The molecule has 1 atom stereocenters. The van der Waals surface area contributed by atoms with Crippen LogP contribution in [0.2, 0.25) is 0 Å². The quantitative estimate of drug-likeness (QED) is 0.627. The van der Waals surface area contributed by atoms with Crippen molar-refractivity contribution >= 4 is 11.6 Å². The van der Waals surface area contributed by atoms with E-state index in [-0.39, 0.29) is 29.4 Å². The Balaban J connectivity index is 2.29. The number of carbonyl (C=O) groups is 1. The number of aromatic nitrogens is 2. The summed E-state index contributed by atoms with van der Waals surface area (Å²) in [4.78, 5) is 39.0. The van der Waals surface area contributed by atoms with Crippen LogP contribution in [-0.2, 0) is 20.6 Å². The van der Waals surface area contributed by atoms with Gasteiger partial charge in [-0.25, -0.2) is 4.79 Å². The second-order valence-corrected chi connectivity index (χ2v) is 6.79. The molecular formula is C19H24F2N4O5. The highest BCUT2D eigenvalue weighted by Crippen LogP contribution is 2.30. The van der Waals surface area contributed by atoms with Crippen molar-refractivity contribution in [1.29, 1.82) is 0 Å². The molecule has 0 radical (unpaired) electrons. The molecule has 0 aliphatic carbocycles. The van der Waals surface area contributed by atoms with E-state index in [2.05, 4.69) is 4.74 Å². The molecule has 164 valence electrons. The predicted octanol–water partition coefficient (Wildman–Crippen LogP) is 0.979. The van der Waals surface area contributed by atoms with E-state index >= 15 is 0 Å². The average molecular weight is 426 g/mol. The summed E-state index contributed by atoms with van der Waals surface area (Å²) in [6.07, 6.45) is 0. The number of halogens is 2. The van der Waals surface area contributed by atoms with Gasteiger partial charge >= 0.3 is 12.3 Å². The smallest absolute Gasteiger partial charge is 0.387 e. The standard InChI is InChI=1S/C19H24F2N4O5/c1-10(15(26)14-16(22)24(3)19(28)25(4)17(14)27)23(2)9-11-6-7-12(30-18(20)21)13(8-11)29-5/h6-8,10,18H,9,22H2,1-5H3. The number of methoxy groups -OCH3 is 1. The van der Waals surface area contributed by atoms with E-state index in [9.17, 15) is 23.2 Å². The molecule has 2 rings (SSSR count). The number of alkyl halides is 2. The number of nitrogen functional groups attached to an aromatic ring is 1. The maximum absolute atomic E-state index is 13.0. The SMILES string of the molecule is COc1cc(CN(C)C(C)C(=O)c2c(N)n(C)c(=O)n(C)c2=O)ccc1OC(F)F. The van der Waals surface area contributed by atoms with E-state index in [4.69, 9.17) is 10.5 Å². The lowest BCUT2D eigenvalue weighted by molar-refractivity contribution is -0.0512. The molecule has 30 heavy (non-hydrogen) atoms. The number of anilines is 1. The van der Waals surface area contributed by atoms with Crippen LogP contribution in [0.3, 0.4) is 0 Å². The summed E-state index contributed by atoms with van der Waals surface area (Å²) in [5.74, 6) is -0.736. The van der Waals surface area contributed by atoms with Crippen molar-refractivity contribution in [2.75, 3.05) is 19.9 Å². The van der Waals surface area contributed by atoms with E-state index in [1.807, 2.05) is 0 Å². The molecular weight excluding hydrogens is 402 g/mol. The lowest BCUT2D eigenvalue weighted by atomic mass is 10.1. The third-order valence-corrected chi connectivity index (χ3v) is 4.87. The maximum Gasteiger partial charge on any atom is 0.387 e. The summed E-state index contributed by atoms with van der Waals surface area (Å²) in [5.41, 5.74) is 4.86. The van der Waals surface area contributed by atoms with E-state index in [0.717, 1.165) is 9.13 Å². The first kappa shape index (κ1) is 23.1. The molecule has 11 heteroatoms. The summed E-state index contributed by atoms with van der Waals surface area (Å²) in [6.45, 7) is -1.15. The van der Waals surface area contributed by atoms with Crippen LogP contribution >= 0.6 is 0 Å². The Kier molecular flexibility index (Phi) is 6.98. The lowest BCUT2D eigenvalue weighted by Gasteiger charge is -2.24. The van der Waals surface area contributed by atoms with Gasteiger partial charge in [0.25, 0.3) is 5.56 Å². The number of nitrogens with zero attached hydrogens (tertiary/aromatic N) is 3. The van der Waals surface area contributed by atoms with Gasteiger partial charge < -0.3 is 15.2 Å². The molecule has 0 aliphatic heterocycles. The normalized spacial score (nSPS) is 12.3. The number of rotatable bonds is 8. The molecule has 0 spiro atoms. The van der Waals surface area contributed by atoms with Gasteiger partial charge in [-0.2, -0.15) is 8.78 Å². The van der Waals surface area contributed by atoms with Crippen molar-refractivity contribution in [1.82, 2.24) is 14.0 Å². The fourth-order valence-corrected chi connectivity index (χ4v) is 2.93. The van der Waals surface area contributed by atoms with E-state index in [0.29, 0.717) is 5.56 Å². The Morgan fingerprint density at radius 2 is 1.83 bits per heavy atom. The zero-order valence-electron chi connectivity index (χ0n) is 17.3. The van der Waals surface area contributed by atoms with Crippen molar-refractivity contribution in [3.8, 4) is 11.5 Å². The Hall–Kier alpha value is -3.21. The van der Waals surface area contributed by atoms with Crippen molar-refractivity contribution in [3.05, 3.63) is 50.2 Å². The fourth-order valence-electron chi connectivity index (χ4n) is 2.93. The van der Waals surface area contributed by atoms with Crippen LogP contribution < -0.4 is 26.5 Å². The van der Waals surface area contributed by atoms with Crippen molar-refractivity contribution in [3.63, 3.8) is 0 Å². The first-order valence-corrected chi connectivity index (χ1v) is 8.91. The molecule has 1 heterocycles. The molecule has 1 aromatic heterocycles. The van der Waals surface area contributed by atoms with Gasteiger partial charge in [-0.1, -0.05) is 6.07 Å². The molecule has 0 saturated carbocycles. The summed E-state index contributed by atoms with van der Waals surface area (Å²) >= 11 is 0. The minimum absolute atomic E-state index is 0.107. The summed E-state index contributed by atoms with van der Waals surface area (Å²) < 4.78 is 36.3. The molecule has 0 saturated heterocycles. The Labute approximate surface area is 171 Å². The van der Waals surface area contributed by atoms with Crippen LogP contribution in [0.5, 0.6) is 11.5 Å². The predicted molar refractivity (Wildman–Crippen MR) is 106 cm³/mol. The van der Waals surface area contributed by atoms with Gasteiger partial charge in [-0.15, -0.1) is 0 Å². The van der Waals surface area contributed by atoms with E-state index in [1.165, 1.54) is 33.3 Å². The number of likely N-dealkylation sites (N-methyl/N-ethyl adjacent to an activating group) is 1. The van der Waals surface area contributed by atoms with Crippen LogP contribution in [0.1, 0.15) is 22.8 Å². The second kappa shape index (κ2) is 9.08. The van der Waals surface area contributed by atoms with E-state index < -0.39 is 29.7 Å². The maximum atomic E-state index is 13.0. The number of carbonyl (C=O) groups excluding carboxylic acids is 1. The highest BCUT2D eigenvalue weighted by molar-refractivity contribution is 6.03. The number of ether oxygens (including phenoxy) is 2. The summed E-state index contributed by atoms with van der Waals surface area (Å²) in [5, 5.41) is 0. The van der Waals surface area contributed by atoms with Gasteiger partial charge in [0.2, 0.25) is 0 Å². The topological polar surface area (TPSA) is 109 Å². The third kappa shape index (κ3) is 4.51. The van der Waals surface area contributed by atoms with Crippen LogP contribution in [0.15, 0.2) is 27.8 Å². The Morgan fingerprint density at radius 1 is 1.20 bits per heavy atom. The molecule has 2 aromatic rings. The largest absolute Gasteiger partial charge is 0.493 e. The average Bonchev–Trinajstić information content (AvgIpc) is 2.70. The minimum atomic E-state index is -2.99. The van der Waals surface area contributed by atoms with Gasteiger partial charge in [0.15, 0.2) is 17.3 Å². The lowest BCUT2D eigenvalue weighted by Crippen LogP contribution is -2.45. The van der Waals surface area contributed by atoms with Crippen LogP contribution in [-0.4, -0.2) is 46.6 Å². The van der Waals surface area contributed by atoms with Crippen LogP contribution in [0.25, 0.3) is 0 Å². The molecule has 0 fully saturated rings. The van der Waals surface area contributed by atoms with Gasteiger partial charge in [0.1, 0.15) is 11.4 Å². The van der Waals surface area contributed by atoms with Crippen LogP contribution in [0.4, 0.5) is 14.6 Å². The van der Waals surface area contributed by atoms with Crippen LogP contribution in [0, 0.1) is 0 Å². The zero-order valence-corrected chi connectivity index (χ0v) is 17.3. The second-order valence-electron chi connectivity index (χ2n) is 6.79. The highest BCUT2D eigenvalue weighted by Gasteiger charge is 2.27. The van der Waals surface area contributed by atoms with Gasteiger partial charge in [-0.3, -0.25) is 23.6 Å². The van der Waals surface area contributed by atoms with Crippen molar-refractivity contribution in [2.45, 2.75) is 26.1 Å². The van der Waals surface area contributed by atoms with Gasteiger partial charge in [0.05, 0.1) is 13.2 Å². The number of nitrogens with two attached hydrogens (primary N) is 1. The first-order chi connectivity index (χ1) is 14.0.